The van der Waals surface area contributed by atoms with E-state index in [1.807, 2.05) is 6.92 Å². The standard InChI is InChI=1S/C13H17F2NO/c1-8-5-9(2)17-13(7-16-8)10-3-4-11(14)12(15)6-10/h3-4,6,8-9,13,16H,5,7H2,1-2H3. The fourth-order valence-corrected chi connectivity index (χ4v) is 2.18. The molecule has 1 heterocycles. The zero-order chi connectivity index (χ0) is 12.4. The Hall–Kier alpha value is -1.00. The molecule has 0 aliphatic carbocycles. The number of hydrogen-bond donors (Lipinski definition) is 1. The van der Waals surface area contributed by atoms with E-state index < -0.39 is 11.6 Å². The minimum Gasteiger partial charge on any atom is -0.369 e. The highest BCUT2D eigenvalue weighted by atomic mass is 19.2. The largest absolute Gasteiger partial charge is 0.369 e. The van der Waals surface area contributed by atoms with Crippen LogP contribution in [0.5, 0.6) is 0 Å². The van der Waals surface area contributed by atoms with Crippen molar-refractivity contribution in [1.29, 1.82) is 0 Å². The molecule has 0 spiro atoms. The predicted octanol–water partition coefficient (Wildman–Crippen LogP) is 2.79. The highest BCUT2D eigenvalue weighted by Crippen LogP contribution is 2.24. The van der Waals surface area contributed by atoms with E-state index in [0.717, 1.165) is 12.5 Å². The third-order valence-electron chi connectivity index (χ3n) is 3.05. The van der Waals surface area contributed by atoms with Gasteiger partial charge in [0.15, 0.2) is 11.6 Å². The first kappa shape index (κ1) is 12.5. The molecule has 1 saturated heterocycles. The Labute approximate surface area is 100.0 Å². The Kier molecular flexibility index (Phi) is 3.74. The molecule has 1 aliphatic rings. The number of benzene rings is 1. The minimum absolute atomic E-state index is 0.109. The van der Waals surface area contributed by atoms with Gasteiger partial charge in [-0.1, -0.05) is 6.07 Å². The Bertz CT molecular complexity index is 397. The van der Waals surface area contributed by atoms with Crippen LogP contribution >= 0.6 is 0 Å². The summed E-state index contributed by atoms with van der Waals surface area (Å²) in [6.07, 6.45) is 0.809. The number of ether oxygens (including phenoxy) is 1. The second kappa shape index (κ2) is 5.10. The van der Waals surface area contributed by atoms with Crippen molar-refractivity contribution in [1.82, 2.24) is 5.32 Å². The monoisotopic (exact) mass is 241 g/mol. The highest BCUT2D eigenvalue weighted by Gasteiger charge is 2.22. The van der Waals surface area contributed by atoms with Crippen LogP contribution in [-0.4, -0.2) is 18.7 Å². The molecule has 1 aromatic carbocycles. The van der Waals surface area contributed by atoms with Gasteiger partial charge >= 0.3 is 0 Å². The Morgan fingerprint density at radius 1 is 1.24 bits per heavy atom. The second-order valence-electron chi connectivity index (χ2n) is 4.65. The molecule has 3 unspecified atom stereocenters. The molecule has 0 radical (unpaired) electrons. The molecule has 0 bridgehead atoms. The molecule has 1 fully saturated rings. The van der Waals surface area contributed by atoms with Crippen molar-refractivity contribution in [2.75, 3.05) is 6.54 Å². The van der Waals surface area contributed by atoms with Gasteiger partial charge in [0, 0.05) is 12.6 Å². The van der Waals surface area contributed by atoms with Gasteiger partial charge in [-0.25, -0.2) is 8.78 Å². The Morgan fingerprint density at radius 3 is 2.71 bits per heavy atom. The van der Waals surface area contributed by atoms with Crippen molar-refractivity contribution in [2.45, 2.75) is 38.5 Å². The first-order chi connectivity index (χ1) is 8.06. The predicted molar refractivity (Wildman–Crippen MR) is 61.7 cm³/mol. The summed E-state index contributed by atoms with van der Waals surface area (Å²) in [5.74, 6) is -1.65. The molecule has 94 valence electrons. The maximum absolute atomic E-state index is 13.2. The lowest BCUT2D eigenvalue weighted by molar-refractivity contribution is 0.00698. The van der Waals surface area contributed by atoms with Crippen LogP contribution < -0.4 is 5.32 Å². The van der Waals surface area contributed by atoms with Gasteiger partial charge < -0.3 is 10.1 Å². The van der Waals surface area contributed by atoms with E-state index in [0.29, 0.717) is 18.2 Å². The number of halogens is 2. The summed E-state index contributed by atoms with van der Waals surface area (Å²) in [6, 6.07) is 4.31. The average molecular weight is 241 g/mol. The molecule has 3 atom stereocenters. The van der Waals surface area contributed by atoms with E-state index in [9.17, 15) is 8.78 Å². The maximum atomic E-state index is 13.2. The topological polar surface area (TPSA) is 21.3 Å². The van der Waals surface area contributed by atoms with E-state index in [-0.39, 0.29) is 12.2 Å². The van der Waals surface area contributed by atoms with Gasteiger partial charge in [-0.05, 0) is 38.0 Å². The van der Waals surface area contributed by atoms with Crippen molar-refractivity contribution in [3.05, 3.63) is 35.4 Å². The minimum atomic E-state index is -0.823. The van der Waals surface area contributed by atoms with Gasteiger partial charge in [0.2, 0.25) is 0 Å². The summed E-state index contributed by atoms with van der Waals surface area (Å²) < 4.78 is 31.8. The van der Waals surface area contributed by atoms with E-state index in [1.54, 1.807) is 6.07 Å². The average Bonchev–Trinajstić information content (AvgIpc) is 2.43. The molecular formula is C13H17F2NO. The van der Waals surface area contributed by atoms with Crippen LogP contribution in [-0.2, 0) is 4.74 Å². The highest BCUT2D eigenvalue weighted by molar-refractivity contribution is 5.20. The van der Waals surface area contributed by atoms with Crippen LogP contribution in [0.2, 0.25) is 0 Å². The molecule has 2 rings (SSSR count). The molecule has 1 aliphatic heterocycles. The van der Waals surface area contributed by atoms with Crippen molar-refractivity contribution in [3.8, 4) is 0 Å². The normalized spacial score (nSPS) is 30.0. The van der Waals surface area contributed by atoms with Gasteiger partial charge in [0.25, 0.3) is 0 Å². The van der Waals surface area contributed by atoms with Gasteiger partial charge in [0.1, 0.15) is 0 Å². The third-order valence-corrected chi connectivity index (χ3v) is 3.05. The molecule has 17 heavy (non-hydrogen) atoms. The summed E-state index contributed by atoms with van der Waals surface area (Å²) in [5, 5.41) is 3.32. The van der Waals surface area contributed by atoms with E-state index in [4.69, 9.17) is 4.74 Å². The molecule has 0 aromatic heterocycles. The number of hydrogen-bond acceptors (Lipinski definition) is 2. The van der Waals surface area contributed by atoms with Crippen LogP contribution in [0, 0.1) is 11.6 Å². The number of rotatable bonds is 1. The third kappa shape index (κ3) is 3.01. The Balaban J connectivity index is 2.17. The van der Waals surface area contributed by atoms with Crippen LogP contribution in [0.3, 0.4) is 0 Å². The lowest BCUT2D eigenvalue weighted by atomic mass is 10.1. The zero-order valence-corrected chi connectivity index (χ0v) is 10.0. The summed E-state index contributed by atoms with van der Waals surface area (Å²) in [5.41, 5.74) is 0.678. The van der Waals surface area contributed by atoms with Crippen LogP contribution in [0.1, 0.15) is 31.9 Å². The van der Waals surface area contributed by atoms with Crippen molar-refractivity contribution >= 4 is 0 Å². The van der Waals surface area contributed by atoms with Crippen molar-refractivity contribution < 1.29 is 13.5 Å². The smallest absolute Gasteiger partial charge is 0.159 e. The number of nitrogens with one attached hydrogen (secondary N) is 1. The maximum Gasteiger partial charge on any atom is 0.159 e. The Morgan fingerprint density at radius 2 is 2.00 bits per heavy atom. The lowest BCUT2D eigenvalue weighted by Crippen LogP contribution is -2.28. The van der Waals surface area contributed by atoms with Crippen LogP contribution in [0.25, 0.3) is 0 Å². The molecule has 4 heteroatoms. The quantitative estimate of drug-likeness (QED) is 0.816. The molecule has 1 N–H and O–H groups in total. The summed E-state index contributed by atoms with van der Waals surface area (Å²) in [4.78, 5) is 0. The fourth-order valence-electron chi connectivity index (χ4n) is 2.18. The summed E-state index contributed by atoms with van der Waals surface area (Å²) in [6.45, 7) is 4.71. The fraction of sp³-hybridized carbons (Fsp3) is 0.538. The van der Waals surface area contributed by atoms with Gasteiger partial charge in [0.05, 0.1) is 12.2 Å². The SMILES string of the molecule is CC1CC(C)OC(c2ccc(F)c(F)c2)CN1. The van der Waals surface area contributed by atoms with E-state index in [2.05, 4.69) is 12.2 Å². The van der Waals surface area contributed by atoms with E-state index in [1.165, 1.54) is 6.07 Å². The summed E-state index contributed by atoms with van der Waals surface area (Å²) >= 11 is 0. The first-order valence-electron chi connectivity index (χ1n) is 5.90. The first-order valence-corrected chi connectivity index (χ1v) is 5.90. The van der Waals surface area contributed by atoms with Crippen molar-refractivity contribution in [2.24, 2.45) is 0 Å². The zero-order valence-electron chi connectivity index (χ0n) is 10.0. The summed E-state index contributed by atoms with van der Waals surface area (Å²) in [7, 11) is 0. The van der Waals surface area contributed by atoms with Crippen LogP contribution in [0.15, 0.2) is 18.2 Å². The van der Waals surface area contributed by atoms with E-state index >= 15 is 0 Å². The van der Waals surface area contributed by atoms with Gasteiger partial charge in [-0.3, -0.25) is 0 Å². The molecule has 1 aromatic rings. The van der Waals surface area contributed by atoms with Crippen molar-refractivity contribution in [3.63, 3.8) is 0 Å². The molecular weight excluding hydrogens is 224 g/mol. The molecule has 0 amide bonds. The molecule has 2 nitrogen and oxygen atoms in total. The lowest BCUT2D eigenvalue weighted by Gasteiger charge is -2.19. The van der Waals surface area contributed by atoms with Crippen LogP contribution in [0.4, 0.5) is 8.78 Å². The molecule has 0 saturated carbocycles. The van der Waals surface area contributed by atoms with Gasteiger partial charge in [-0.2, -0.15) is 0 Å². The van der Waals surface area contributed by atoms with Gasteiger partial charge in [-0.15, -0.1) is 0 Å². The second-order valence-corrected chi connectivity index (χ2v) is 4.65.